The van der Waals surface area contributed by atoms with Gasteiger partial charge in [0.05, 0.1) is 12.7 Å². The molecule has 1 unspecified atom stereocenters. The molecule has 0 N–H and O–H groups in total. The lowest BCUT2D eigenvalue weighted by Gasteiger charge is -2.35. The van der Waals surface area contributed by atoms with E-state index in [1.54, 1.807) is 0 Å². The van der Waals surface area contributed by atoms with Gasteiger partial charge < -0.3 is 9.47 Å². The SMILES string of the molecule is CC1(C)OCCC(CBr)O1. The Kier molecular flexibility index (Phi) is 2.72. The fourth-order valence-corrected chi connectivity index (χ4v) is 1.50. The molecule has 0 spiro atoms. The molecule has 0 aliphatic carbocycles. The van der Waals surface area contributed by atoms with E-state index in [1.165, 1.54) is 0 Å². The summed E-state index contributed by atoms with van der Waals surface area (Å²) in [6.45, 7) is 4.70. The van der Waals surface area contributed by atoms with Crippen molar-refractivity contribution in [3.63, 3.8) is 0 Å². The number of rotatable bonds is 1. The second-order valence-electron chi connectivity index (χ2n) is 2.93. The highest BCUT2D eigenvalue weighted by atomic mass is 79.9. The summed E-state index contributed by atoms with van der Waals surface area (Å²) in [5.74, 6) is -0.378. The third-order valence-electron chi connectivity index (χ3n) is 1.51. The van der Waals surface area contributed by atoms with Gasteiger partial charge in [-0.25, -0.2) is 0 Å². The highest BCUT2D eigenvalue weighted by Crippen LogP contribution is 2.22. The van der Waals surface area contributed by atoms with E-state index in [1.807, 2.05) is 13.8 Å². The van der Waals surface area contributed by atoms with Crippen LogP contribution in [-0.4, -0.2) is 23.8 Å². The molecule has 0 aromatic rings. The summed E-state index contributed by atoms with van der Waals surface area (Å²) in [5, 5.41) is 0.903. The minimum absolute atomic E-state index is 0.323. The first-order chi connectivity index (χ1) is 4.64. The second-order valence-corrected chi connectivity index (χ2v) is 3.58. The van der Waals surface area contributed by atoms with E-state index in [0.29, 0.717) is 6.10 Å². The van der Waals surface area contributed by atoms with E-state index >= 15 is 0 Å². The molecule has 1 atom stereocenters. The molecule has 0 amide bonds. The first-order valence-electron chi connectivity index (χ1n) is 3.52. The van der Waals surface area contributed by atoms with Crippen LogP contribution in [-0.2, 0) is 9.47 Å². The predicted molar refractivity (Wildman–Crippen MR) is 43.3 cm³/mol. The molecule has 2 nitrogen and oxygen atoms in total. The maximum atomic E-state index is 5.55. The molecule has 0 saturated carbocycles. The van der Waals surface area contributed by atoms with Crippen molar-refractivity contribution < 1.29 is 9.47 Å². The Morgan fingerprint density at radius 1 is 1.60 bits per heavy atom. The van der Waals surface area contributed by atoms with Gasteiger partial charge in [-0.05, 0) is 20.3 Å². The Bertz CT molecular complexity index is 114. The van der Waals surface area contributed by atoms with Crippen molar-refractivity contribution >= 4 is 15.9 Å². The second kappa shape index (κ2) is 3.20. The summed E-state index contributed by atoms with van der Waals surface area (Å²) in [4.78, 5) is 0. The van der Waals surface area contributed by atoms with Gasteiger partial charge in [-0.15, -0.1) is 0 Å². The minimum Gasteiger partial charge on any atom is -0.350 e. The van der Waals surface area contributed by atoms with Gasteiger partial charge in [0.15, 0.2) is 5.79 Å². The average molecular weight is 209 g/mol. The Balaban J connectivity index is 2.40. The summed E-state index contributed by atoms with van der Waals surface area (Å²) in [5.41, 5.74) is 0. The number of hydrogen-bond acceptors (Lipinski definition) is 2. The third kappa shape index (κ3) is 2.22. The predicted octanol–water partition coefficient (Wildman–Crippen LogP) is 1.92. The van der Waals surface area contributed by atoms with E-state index in [2.05, 4.69) is 15.9 Å². The Hall–Kier alpha value is 0.400. The number of halogens is 1. The van der Waals surface area contributed by atoms with Crippen LogP contribution >= 0.6 is 15.9 Å². The van der Waals surface area contributed by atoms with Crippen molar-refractivity contribution in [3.05, 3.63) is 0 Å². The first kappa shape index (κ1) is 8.50. The zero-order valence-corrected chi connectivity index (χ0v) is 7.98. The van der Waals surface area contributed by atoms with Crippen molar-refractivity contribution in [2.45, 2.75) is 32.2 Å². The molecule has 1 aliphatic rings. The lowest BCUT2D eigenvalue weighted by atomic mass is 10.2. The fraction of sp³-hybridized carbons (Fsp3) is 1.00. The molecule has 1 heterocycles. The van der Waals surface area contributed by atoms with Gasteiger partial charge in [0.2, 0.25) is 0 Å². The van der Waals surface area contributed by atoms with E-state index < -0.39 is 0 Å². The first-order valence-corrected chi connectivity index (χ1v) is 4.64. The zero-order chi connectivity index (χ0) is 7.61. The average Bonchev–Trinajstić information content (AvgIpc) is 1.86. The summed E-state index contributed by atoms with van der Waals surface area (Å²) in [6, 6.07) is 0. The highest BCUT2D eigenvalue weighted by Gasteiger charge is 2.28. The molecular weight excluding hydrogens is 196 g/mol. The van der Waals surface area contributed by atoms with Crippen LogP contribution in [0.2, 0.25) is 0 Å². The van der Waals surface area contributed by atoms with E-state index in [9.17, 15) is 0 Å². The van der Waals surface area contributed by atoms with Crippen molar-refractivity contribution in [2.75, 3.05) is 11.9 Å². The molecule has 10 heavy (non-hydrogen) atoms. The quantitative estimate of drug-likeness (QED) is 0.614. The third-order valence-corrected chi connectivity index (χ3v) is 2.23. The molecule has 0 bridgehead atoms. The van der Waals surface area contributed by atoms with Gasteiger partial charge >= 0.3 is 0 Å². The number of ether oxygens (including phenoxy) is 2. The standard InChI is InChI=1S/C7H13BrO2/c1-7(2)9-4-3-6(5-8)10-7/h6H,3-5H2,1-2H3. The van der Waals surface area contributed by atoms with Crippen molar-refractivity contribution in [3.8, 4) is 0 Å². The molecule has 0 aromatic carbocycles. The lowest BCUT2D eigenvalue weighted by Crippen LogP contribution is -2.40. The van der Waals surface area contributed by atoms with Gasteiger partial charge in [0.25, 0.3) is 0 Å². The molecule has 1 aliphatic heterocycles. The number of hydrogen-bond donors (Lipinski definition) is 0. The van der Waals surface area contributed by atoms with Gasteiger partial charge in [-0.1, -0.05) is 15.9 Å². The monoisotopic (exact) mass is 208 g/mol. The van der Waals surface area contributed by atoms with Crippen LogP contribution in [0.1, 0.15) is 20.3 Å². The topological polar surface area (TPSA) is 18.5 Å². The zero-order valence-electron chi connectivity index (χ0n) is 6.39. The smallest absolute Gasteiger partial charge is 0.163 e. The van der Waals surface area contributed by atoms with Gasteiger partial charge in [-0.2, -0.15) is 0 Å². The van der Waals surface area contributed by atoms with Gasteiger partial charge in [-0.3, -0.25) is 0 Å². The van der Waals surface area contributed by atoms with Crippen LogP contribution < -0.4 is 0 Å². The van der Waals surface area contributed by atoms with Crippen LogP contribution in [0.15, 0.2) is 0 Å². The molecule has 1 saturated heterocycles. The van der Waals surface area contributed by atoms with Crippen molar-refractivity contribution in [1.29, 1.82) is 0 Å². The number of alkyl halides is 1. The summed E-state index contributed by atoms with van der Waals surface area (Å²) in [7, 11) is 0. The Morgan fingerprint density at radius 3 is 2.70 bits per heavy atom. The molecule has 0 radical (unpaired) electrons. The van der Waals surface area contributed by atoms with E-state index in [4.69, 9.17) is 9.47 Å². The summed E-state index contributed by atoms with van der Waals surface area (Å²) < 4.78 is 10.9. The molecule has 1 rings (SSSR count). The van der Waals surface area contributed by atoms with E-state index in [-0.39, 0.29) is 5.79 Å². The normalized spacial score (nSPS) is 32.1. The summed E-state index contributed by atoms with van der Waals surface area (Å²) >= 11 is 3.38. The van der Waals surface area contributed by atoms with Gasteiger partial charge in [0.1, 0.15) is 0 Å². The highest BCUT2D eigenvalue weighted by molar-refractivity contribution is 9.09. The van der Waals surface area contributed by atoms with Crippen LogP contribution in [0.5, 0.6) is 0 Å². The van der Waals surface area contributed by atoms with Crippen molar-refractivity contribution in [1.82, 2.24) is 0 Å². The summed E-state index contributed by atoms with van der Waals surface area (Å²) in [6.07, 6.45) is 1.32. The Morgan fingerprint density at radius 2 is 2.30 bits per heavy atom. The molecular formula is C7H13BrO2. The molecule has 3 heteroatoms. The fourth-order valence-electron chi connectivity index (χ4n) is 1.04. The maximum absolute atomic E-state index is 5.55. The van der Waals surface area contributed by atoms with E-state index in [0.717, 1.165) is 18.4 Å². The van der Waals surface area contributed by atoms with Crippen molar-refractivity contribution in [2.24, 2.45) is 0 Å². The van der Waals surface area contributed by atoms with Gasteiger partial charge in [0, 0.05) is 5.33 Å². The van der Waals surface area contributed by atoms with Crippen LogP contribution in [0, 0.1) is 0 Å². The largest absolute Gasteiger partial charge is 0.350 e. The molecule has 60 valence electrons. The van der Waals surface area contributed by atoms with Crippen LogP contribution in [0.3, 0.4) is 0 Å². The minimum atomic E-state index is -0.378. The molecule has 0 aromatic heterocycles. The molecule has 1 fully saturated rings. The maximum Gasteiger partial charge on any atom is 0.163 e. The Labute approximate surface area is 70.0 Å². The lowest BCUT2D eigenvalue weighted by molar-refractivity contribution is -0.267. The van der Waals surface area contributed by atoms with Crippen LogP contribution in [0.25, 0.3) is 0 Å². The van der Waals surface area contributed by atoms with Crippen LogP contribution in [0.4, 0.5) is 0 Å².